The Bertz CT molecular complexity index is 598. The normalized spacial score (nSPS) is 15.2. The number of aliphatic hydroxyl groups excluding tert-OH is 1. The predicted octanol–water partition coefficient (Wildman–Crippen LogP) is 3.49. The molecule has 0 unspecified atom stereocenters. The Hall–Kier alpha value is -2.13. The largest absolute Gasteiger partial charge is 0.393 e. The second-order valence-corrected chi connectivity index (χ2v) is 6.62. The Balaban J connectivity index is 1.60. The molecule has 2 N–H and O–H groups in total. The molecular weight excluding hydrogens is 298 g/mol. The van der Waals surface area contributed by atoms with Crippen LogP contribution in [0.25, 0.3) is 0 Å². The lowest BCUT2D eigenvalue weighted by molar-refractivity contribution is -0.121. The van der Waals surface area contributed by atoms with Crippen molar-refractivity contribution in [2.75, 3.05) is 6.54 Å². The van der Waals surface area contributed by atoms with E-state index in [0.29, 0.717) is 25.3 Å². The lowest BCUT2D eigenvalue weighted by atomic mass is 9.88. The molecule has 3 nitrogen and oxygen atoms in total. The number of rotatable bonds is 8. The van der Waals surface area contributed by atoms with Crippen LogP contribution in [0, 0.1) is 5.92 Å². The summed E-state index contributed by atoms with van der Waals surface area (Å²) in [5.74, 6) is 0.555. The summed E-state index contributed by atoms with van der Waals surface area (Å²) in [6.07, 6.45) is 3.06. The predicted molar refractivity (Wildman–Crippen MR) is 95.7 cm³/mol. The lowest BCUT2D eigenvalue weighted by Gasteiger charge is -2.18. The highest BCUT2D eigenvalue weighted by Crippen LogP contribution is 2.33. The van der Waals surface area contributed by atoms with Crippen molar-refractivity contribution in [1.82, 2.24) is 5.32 Å². The van der Waals surface area contributed by atoms with E-state index < -0.39 is 0 Å². The Morgan fingerprint density at radius 3 is 2.04 bits per heavy atom. The second kappa shape index (κ2) is 8.11. The molecule has 1 aliphatic rings. The third kappa shape index (κ3) is 4.68. The molecule has 0 aromatic heterocycles. The zero-order chi connectivity index (χ0) is 16.8. The molecule has 3 heteroatoms. The SMILES string of the molecule is O=C(CC(c1ccccc1)c1ccccc1)NCC[C@@H](O)C1CC1. The fourth-order valence-corrected chi connectivity index (χ4v) is 3.13. The van der Waals surface area contributed by atoms with Gasteiger partial charge in [0.15, 0.2) is 0 Å². The maximum Gasteiger partial charge on any atom is 0.220 e. The number of nitrogens with one attached hydrogen (secondary N) is 1. The van der Waals surface area contributed by atoms with Crippen molar-refractivity contribution in [3.8, 4) is 0 Å². The molecule has 2 aromatic rings. The third-order valence-corrected chi connectivity index (χ3v) is 4.72. The highest BCUT2D eigenvalue weighted by atomic mass is 16.3. The summed E-state index contributed by atoms with van der Waals surface area (Å²) in [6.45, 7) is 0.548. The van der Waals surface area contributed by atoms with Gasteiger partial charge in [0, 0.05) is 18.9 Å². The molecule has 0 radical (unpaired) electrons. The van der Waals surface area contributed by atoms with Crippen molar-refractivity contribution >= 4 is 5.91 Å². The van der Waals surface area contributed by atoms with E-state index in [0.717, 1.165) is 24.0 Å². The summed E-state index contributed by atoms with van der Waals surface area (Å²) in [5, 5.41) is 12.9. The summed E-state index contributed by atoms with van der Waals surface area (Å²) in [5.41, 5.74) is 2.30. The number of hydrogen-bond acceptors (Lipinski definition) is 2. The molecule has 0 aliphatic heterocycles. The van der Waals surface area contributed by atoms with E-state index in [1.54, 1.807) is 0 Å². The van der Waals surface area contributed by atoms with Gasteiger partial charge in [-0.15, -0.1) is 0 Å². The molecule has 1 saturated carbocycles. The second-order valence-electron chi connectivity index (χ2n) is 6.62. The van der Waals surface area contributed by atoms with E-state index in [1.165, 1.54) is 0 Å². The van der Waals surface area contributed by atoms with Crippen LogP contribution >= 0.6 is 0 Å². The molecule has 3 rings (SSSR count). The molecule has 0 spiro atoms. The van der Waals surface area contributed by atoms with Crippen molar-refractivity contribution in [2.24, 2.45) is 5.92 Å². The standard InChI is InChI=1S/C21H25NO2/c23-20(18-11-12-18)13-14-22-21(24)15-19(16-7-3-1-4-8-16)17-9-5-2-6-10-17/h1-10,18-20,23H,11-15H2,(H,22,24)/t20-/m1/s1. The molecule has 0 bridgehead atoms. The Morgan fingerprint density at radius 2 is 1.54 bits per heavy atom. The summed E-state index contributed by atoms with van der Waals surface area (Å²) < 4.78 is 0. The number of amides is 1. The molecule has 1 atom stereocenters. The maximum atomic E-state index is 12.4. The van der Waals surface area contributed by atoms with E-state index in [-0.39, 0.29) is 17.9 Å². The van der Waals surface area contributed by atoms with Crippen molar-refractivity contribution in [3.63, 3.8) is 0 Å². The van der Waals surface area contributed by atoms with Crippen LogP contribution < -0.4 is 5.32 Å². The first kappa shape index (κ1) is 16.7. The lowest BCUT2D eigenvalue weighted by Crippen LogP contribution is -2.29. The van der Waals surface area contributed by atoms with Crippen LogP contribution in [-0.2, 0) is 4.79 Å². The van der Waals surface area contributed by atoms with E-state index in [4.69, 9.17) is 0 Å². The van der Waals surface area contributed by atoms with Gasteiger partial charge in [0.2, 0.25) is 5.91 Å². The number of hydrogen-bond donors (Lipinski definition) is 2. The molecule has 0 heterocycles. The minimum atomic E-state index is -0.260. The highest BCUT2D eigenvalue weighted by molar-refractivity contribution is 5.77. The molecule has 24 heavy (non-hydrogen) atoms. The van der Waals surface area contributed by atoms with E-state index in [1.807, 2.05) is 36.4 Å². The van der Waals surface area contributed by atoms with Crippen LogP contribution in [0.1, 0.15) is 42.7 Å². The fraction of sp³-hybridized carbons (Fsp3) is 0.381. The Labute approximate surface area is 143 Å². The molecule has 1 amide bonds. The third-order valence-electron chi connectivity index (χ3n) is 4.72. The van der Waals surface area contributed by atoms with Gasteiger partial charge in [-0.05, 0) is 36.3 Å². The Morgan fingerprint density at radius 1 is 1.00 bits per heavy atom. The van der Waals surface area contributed by atoms with E-state index in [9.17, 15) is 9.90 Å². The molecule has 126 valence electrons. The first-order valence-electron chi connectivity index (χ1n) is 8.78. The van der Waals surface area contributed by atoms with Crippen LogP contribution in [0.5, 0.6) is 0 Å². The molecular formula is C21H25NO2. The van der Waals surface area contributed by atoms with Crippen LogP contribution in [0.4, 0.5) is 0 Å². The van der Waals surface area contributed by atoms with Gasteiger partial charge in [-0.25, -0.2) is 0 Å². The number of aliphatic hydroxyl groups is 1. The number of benzene rings is 2. The molecule has 1 fully saturated rings. The minimum absolute atomic E-state index is 0.0377. The van der Waals surface area contributed by atoms with Crippen LogP contribution in [0.2, 0.25) is 0 Å². The van der Waals surface area contributed by atoms with Gasteiger partial charge < -0.3 is 10.4 Å². The quantitative estimate of drug-likeness (QED) is 0.781. The van der Waals surface area contributed by atoms with E-state index >= 15 is 0 Å². The van der Waals surface area contributed by atoms with Crippen molar-refractivity contribution in [2.45, 2.75) is 37.7 Å². The van der Waals surface area contributed by atoms with Crippen LogP contribution in [0.3, 0.4) is 0 Å². The van der Waals surface area contributed by atoms with Gasteiger partial charge in [0.1, 0.15) is 0 Å². The molecule has 1 aliphatic carbocycles. The Kier molecular flexibility index (Phi) is 5.65. The van der Waals surface area contributed by atoms with Crippen molar-refractivity contribution < 1.29 is 9.90 Å². The van der Waals surface area contributed by atoms with Gasteiger partial charge in [0.25, 0.3) is 0 Å². The zero-order valence-corrected chi connectivity index (χ0v) is 13.9. The van der Waals surface area contributed by atoms with E-state index in [2.05, 4.69) is 29.6 Å². The summed E-state index contributed by atoms with van der Waals surface area (Å²) in [4.78, 5) is 12.4. The summed E-state index contributed by atoms with van der Waals surface area (Å²) in [6, 6.07) is 20.3. The number of carbonyl (C=O) groups is 1. The van der Waals surface area contributed by atoms with Crippen LogP contribution in [-0.4, -0.2) is 23.7 Å². The topological polar surface area (TPSA) is 49.3 Å². The van der Waals surface area contributed by atoms with Crippen LogP contribution in [0.15, 0.2) is 60.7 Å². The summed E-state index contributed by atoms with van der Waals surface area (Å²) in [7, 11) is 0. The molecule has 2 aromatic carbocycles. The average Bonchev–Trinajstić information content (AvgIpc) is 3.46. The highest BCUT2D eigenvalue weighted by Gasteiger charge is 2.29. The summed E-state index contributed by atoms with van der Waals surface area (Å²) >= 11 is 0. The minimum Gasteiger partial charge on any atom is -0.393 e. The maximum absolute atomic E-state index is 12.4. The first-order chi connectivity index (χ1) is 11.7. The van der Waals surface area contributed by atoms with Gasteiger partial charge in [0.05, 0.1) is 6.10 Å². The zero-order valence-electron chi connectivity index (χ0n) is 13.9. The fourth-order valence-electron chi connectivity index (χ4n) is 3.13. The van der Waals surface area contributed by atoms with Gasteiger partial charge >= 0.3 is 0 Å². The van der Waals surface area contributed by atoms with Crippen molar-refractivity contribution in [3.05, 3.63) is 71.8 Å². The monoisotopic (exact) mass is 323 g/mol. The average molecular weight is 323 g/mol. The van der Waals surface area contributed by atoms with Gasteiger partial charge in [-0.3, -0.25) is 4.79 Å². The van der Waals surface area contributed by atoms with Gasteiger partial charge in [-0.2, -0.15) is 0 Å². The van der Waals surface area contributed by atoms with Gasteiger partial charge in [-0.1, -0.05) is 60.7 Å². The first-order valence-corrected chi connectivity index (χ1v) is 8.78. The molecule has 0 saturated heterocycles. The van der Waals surface area contributed by atoms with Crippen molar-refractivity contribution in [1.29, 1.82) is 0 Å². The number of carbonyl (C=O) groups excluding carboxylic acids is 1. The smallest absolute Gasteiger partial charge is 0.220 e.